The molecule has 0 aliphatic heterocycles. The molecule has 0 aromatic carbocycles. The molecule has 6 heteroatoms. The van der Waals surface area contributed by atoms with Crippen molar-refractivity contribution in [2.45, 2.75) is 20.3 Å². The summed E-state index contributed by atoms with van der Waals surface area (Å²) >= 11 is 0. The van der Waals surface area contributed by atoms with Crippen molar-refractivity contribution in [2.75, 3.05) is 32.1 Å². The van der Waals surface area contributed by atoms with Gasteiger partial charge in [-0.25, -0.2) is 9.97 Å². The van der Waals surface area contributed by atoms with E-state index in [1.165, 1.54) is 0 Å². The number of hydrogen-bond donors (Lipinski definition) is 2. The maximum Gasteiger partial charge on any atom is 0.270 e. The van der Waals surface area contributed by atoms with Gasteiger partial charge in [0.25, 0.3) is 5.91 Å². The molecule has 0 atom stereocenters. The van der Waals surface area contributed by atoms with Crippen LogP contribution in [0.25, 0.3) is 0 Å². The molecule has 0 aliphatic carbocycles. The van der Waals surface area contributed by atoms with Crippen molar-refractivity contribution in [2.24, 2.45) is 5.92 Å². The molecule has 1 aromatic heterocycles. The van der Waals surface area contributed by atoms with Gasteiger partial charge in [-0.1, -0.05) is 13.8 Å². The number of nitrogens with zero attached hydrogens (tertiary/aromatic N) is 2. The van der Waals surface area contributed by atoms with Crippen LogP contribution < -0.4 is 10.6 Å². The third-order valence-corrected chi connectivity index (χ3v) is 2.37. The largest absolute Gasteiger partial charge is 0.385 e. The van der Waals surface area contributed by atoms with Crippen molar-refractivity contribution in [1.29, 1.82) is 0 Å². The highest BCUT2D eigenvalue weighted by atomic mass is 16.5. The Balaban J connectivity index is 2.48. The van der Waals surface area contributed by atoms with Crippen LogP contribution in [0.2, 0.25) is 0 Å². The fourth-order valence-electron chi connectivity index (χ4n) is 1.37. The highest BCUT2D eigenvalue weighted by molar-refractivity contribution is 5.92. The lowest BCUT2D eigenvalue weighted by molar-refractivity contribution is 0.0943. The van der Waals surface area contributed by atoms with Gasteiger partial charge in [-0.05, 0) is 18.4 Å². The smallest absolute Gasteiger partial charge is 0.270 e. The minimum absolute atomic E-state index is 0.189. The van der Waals surface area contributed by atoms with E-state index in [1.54, 1.807) is 19.4 Å². The zero-order valence-electron chi connectivity index (χ0n) is 11.8. The van der Waals surface area contributed by atoms with E-state index in [1.807, 2.05) is 0 Å². The Kier molecular flexibility index (Phi) is 6.81. The van der Waals surface area contributed by atoms with E-state index in [-0.39, 0.29) is 5.91 Å². The van der Waals surface area contributed by atoms with Crippen molar-refractivity contribution in [3.63, 3.8) is 0 Å². The molecule has 1 heterocycles. The zero-order valence-corrected chi connectivity index (χ0v) is 11.8. The summed E-state index contributed by atoms with van der Waals surface area (Å²) in [5.74, 6) is 0.791. The Morgan fingerprint density at radius 3 is 2.95 bits per heavy atom. The number of carbonyl (C=O) groups excluding carboxylic acids is 1. The molecule has 106 valence electrons. The number of anilines is 1. The summed E-state index contributed by atoms with van der Waals surface area (Å²) < 4.78 is 4.92. The van der Waals surface area contributed by atoms with Gasteiger partial charge in [0.2, 0.25) is 5.95 Å². The number of rotatable bonds is 8. The van der Waals surface area contributed by atoms with Crippen LogP contribution in [-0.4, -0.2) is 42.7 Å². The summed E-state index contributed by atoms with van der Waals surface area (Å²) in [6.45, 7) is 6.17. The molecule has 0 aliphatic rings. The number of aromatic nitrogens is 2. The van der Waals surface area contributed by atoms with Gasteiger partial charge >= 0.3 is 0 Å². The third kappa shape index (κ3) is 6.15. The average molecular weight is 266 g/mol. The average Bonchev–Trinajstić information content (AvgIpc) is 2.41. The van der Waals surface area contributed by atoms with Crippen molar-refractivity contribution in [3.8, 4) is 0 Å². The molecule has 6 nitrogen and oxygen atoms in total. The van der Waals surface area contributed by atoms with Gasteiger partial charge < -0.3 is 15.4 Å². The van der Waals surface area contributed by atoms with Crippen LogP contribution in [0.1, 0.15) is 30.8 Å². The Hall–Kier alpha value is -1.69. The van der Waals surface area contributed by atoms with Gasteiger partial charge in [-0.3, -0.25) is 4.79 Å². The van der Waals surface area contributed by atoms with Gasteiger partial charge in [0.15, 0.2) is 0 Å². The quantitative estimate of drug-likeness (QED) is 0.694. The van der Waals surface area contributed by atoms with E-state index in [0.717, 1.165) is 13.0 Å². The number of ether oxygens (including phenoxy) is 1. The van der Waals surface area contributed by atoms with Gasteiger partial charge in [0.1, 0.15) is 5.69 Å². The van der Waals surface area contributed by atoms with E-state index >= 15 is 0 Å². The molecule has 0 unspecified atom stereocenters. The van der Waals surface area contributed by atoms with Crippen LogP contribution in [0.4, 0.5) is 5.95 Å². The van der Waals surface area contributed by atoms with Crippen LogP contribution in [0.3, 0.4) is 0 Å². The molecule has 0 bridgehead atoms. The molecule has 0 radical (unpaired) electrons. The molecule has 0 fully saturated rings. The summed E-state index contributed by atoms with van der Waals surface area (Å²) in [6, 6.07) is 1.60. The highest BCUT2D eigenvalue weighted by Crippen LogP contribution is 2.02. The van der Waals surface area contributed by atoms with Crippen molar-refractivity contribution >= 4 is 11.9 Å². The van der Waals surface area contributed by atoms with Gasteiger partial charge in [-0.15, -0.1) is 0 Å². The van der Waals surface area contributed by atoms with E-state index in [9.17, 15) is 4.79 Å². The summed E-state index contributed by atoms with van der Waals surface area (Å²) in [6.07, 6.45) is 2.37. The van der Waals surface area contributed by atoms with Crippen LogP contribution in [-0.2, 0) is 4.74 Å². The van der Waals surface area contributed by atoms with Crippen LogP contribution in [0.5, 0.6) is 0 Å². The second-order valence-corrected chi connectivity index (χ2v) is 4.64. The summed E-state index contributed by atoms with van der Waals surface area (Å²) in [5.41, 5.74) is 0.374. The molecule has 1 rings (SSSR count). The predicted octanol–water partition coefficient (Wildman–Crippen LogP) is 1.31. The standard InChI is InChI=1S/C13H22N4O2/c1-10(2)9-16-13-15-7-5-11(17-13)12(18)14-6-4-8-19-3/h5,7,10H,4,6,8-9H2,1-3H3,(H,14,18)(H,15,16,17). The van der Waals surface area contributed by atoms with E-state index < -0.39 is 0 Å². The SMILES string of the molecule is COCCCNC(=O)c1ccnc(NCC(C)C)n1. The first-order valence-corrected chi connectivity index (χ1v) is 6.47. The summed E-state index contributed by atoms with van der Waals surface area (Å²) in [7, 11) is 1.64. The Morgan fingerprint density at radius 1 is 1.47 bits per heavy atom. The molecule has 19 heavy (non-hydrogen) atoms. The summed E-state index contributed by atoms with van der Waals surface area (Å²) in [5, 5.41) is 5.88. The predicted molar refractivity (Wildman–Crippen MR) is 74.2 cm³/mol. The molecule has 1 aromatic rings. The van der Waals surface area contributed by atoms with E-state index in [0.29, 0.717) is 30.7 Å². The number of nitrogens with one attached hydrogen (secondary N) is 2. The molecular formula is C13H22N4O2. The summed E-state index contributed by atoms with van der Waals surface area (Å²) in [4.78, 5) is 20.1. The van der Waals surface area contributed by atoms with Crippen molar-refractivity contribution in [1.82, 2.24) is 15.3 Å². The van der Waals surface area contributed by atoms with E-state index in [2.05, 4.69) is 34.4 Å². The maximum absolute atomic E-state index is 11.8. The molecule has 0 saturated carbocycles. The second kappa shape index (κ2) is 8.42. The number of methoxy groups -OCH3 is 1. The van der Waals surface area contributed by atoms with Crippen LogP contribution >= 0.6 is 0 Å². The third-order valence-electron chi connectivity index (χ3n) is 2.37. The second-order valence-electron chi connectivity index (χ2n) is 4.64. The minimum atomic E-state index is -0.189. The molecule has 2 N–H and O–H groups in total. The first-order chi connectivity index (χ1) is 9.13. The topological polar surface area (TPSA) is 76.1 Å². The number of hydrogen-bond acceptors (Lipinski definition) is 5. The van der Waals surface area contributed by atoms with Gasteiger partial charge in [0, 0.05) is 33.0 Å². The monoisotopic (exact) mass is 266 g/mol. The maximum atomic E-state index is 11.8. The van der Waals surface area contributed by atoms with E-state index in [4.69, 9.17) is 4.74 Å². The van der Waals surface area contributed by atoms with Crippen molar-refractivity contribution in [3.05, 3.63) is 18.0 Å². The molecule has 0 saturated heterocycles. The Labute approximate surface area is 114 Å². The molecular weight excluding hydrogens is 244 g/mol. The minimum Gasteiger partial charge on any atom is -0.385 e. The highest BCUT2D eigenvalue weighted by Gasteiger charge is 2.08. The van der Waals surface area contributed by atoms with Gasteiger partial charge in [0.05, 0.1) is 0 Å². The van der Waals surface area contributed by atoms with Crippen LogP contribution in [0, 0.1) is 5.92 Å². The molecule has 0 spiro atoms. The van der Waals surface area contributed by atoms with Gasteiger partial charge in [-0.2, -0.15) is 0 Å². The fourth-order valence-corrected chi connectivity index (χ4v) is 1.37. The van der Waals surface area contributed by atoms with Crippen molar-refractivity contribution < 1.29 is 9.53 Å². The Morgan fingerprint density at radius 2 is 2.26 bits per heavy atom. The lowest BCUT2D eigenvalue weighted by Gasteiger charge is -2.08. The first-order valence-electron chi connectivity index (χ1n) is 6.47. The van der Waals surface area contributed by atoms with Crippen LogP contribution in [0.15, 0.2) is 12.3 Å². The first kappa shape index (κ1) is 15.4. The number of amides is 1. The lowest BCUT2D eigenvalue weighted by atomic mass is 10.2. The lowest BCUT2D eigenvalue weighted by Crippen LogP contribution is -2.26. The molecule has 1 amide bonds. The zero-order chi connectivity index (χ0) is 14.1. The fraction of sp³-hybridized carbons (Fsp3) is 0.615. The normalized spacial score (nSPS) is 10.5. The Bertz CT molecular complexity index is 396. The number of carbonyl (C=O) groups is 1.